The average molecular weight is 482 g/mol. The summed E-state index contributed by atoms with van der Waals surface area (Å²) < 4.78 is 10.9. The van der Waals surface area contributed by atoms with Gasteiger partial charge in [-0.25, -0.2) is 4.79 Å². The van der Waals surface area contributed by atoms with Crippen LogP contribution in [0.2, 0.25) is 0 Å². The van der Waals surface area contributed by atoms with Crippen molar-refractivity contribution in [3.63, 3.8) is 0 Å². The van der Waals surface area contributed by atoms with E-state index < -0.39 is 5.63 Å². The lowest BCUT2D eigenvalue weighted by Gasteiger charge is -2.39. The first-order valence-electron chi connectivity index (χ1n) is 12.8. The van der Waals surface area contributed by atoms with Crippen LogP contribution in [-0.4, -0.2) is 60.8 Å². The molecule has 0 radical (unpaired) electrons. The number of fused-ring (bicyclic) bond motifs is 2. The summed E-state index contributed by atoms with van der Waals surface area (Å²) in [6.07, 6.45) is 4.94. The Labute approximate surface area is 208 Å². The lowest BCUT2D eigenvalue weighted by Crippen LogP contribution is -2.46. The lowest BCUT2D eigenvalue weighted by molar-refractivity contribution is 0.126. The second-order valence-electron chi connectivity index (χ2n) is 11.9. The van der Waals surface area contributed by atoms with E-state index in [1.54, 1.807) is 7.11 Å². The monoisotopic (exact) mass is 481 g/mol. The summed E-state index contributed by atoms with van der Waals surface area (Å²) in [5.41, 5.74) is 2.38. The van der Waals surface area contributed by atoms with E-state index in [0.29, 0.717) is 35.7 Å². The van der Waals surface area contributed by atoms with Gasteiger partial charge in [0.1, 0.15) is 17.8 Å². The van der Waals surface area contributed by atoms with Crippen molar-refractivity contribution in [1.82, 2.24) is 9.80 Å². The molecule has 5 rings (SSSR count). The standard InChI is InChI=1S/C28H39N3O4/c1-27(2)13-21-14-28(3,18-27)19-31(21)16-22-25(32)20(17-35-26(22)33)15-29-9-11-30(12-10-29)23-7-5-6-8-24(23)34-4/h5-8,17,21,32H,9-16,18-19H2,1-4H3/t21-,28-/m0/s1. The van der Waals surface area contributed by atoms with Crippen molar-refractivity contribution in [1.29, 1.82) is 0 Å². The number of hydrogen-bond acceptors (Lipinski definition) is 7. The van der Waals surface area contributed by atoms with E-state index in [1.165, 1.54) is 19.1 Å². The summed E-state index contributed by atoms with van der Waals surface area (Å²) in [7, 11) is 1.70. The highest BCUT2D eigenvalue weighted by Crippen LogP contribution is 2.52. The normalized spacial score (nSPS) is 26.7. The van der Waals surface area contributed by atoms with Crippen LogP contribution < -0.4 is 15.3 Å². The second-order valence-corrected chi connectivity index (χ2v) is 11.9. The molecule has 1 aromatic heterocycles. The maximum Gasteiger partial charge on any atom is 0.343 e. The van der Waals surface area contributed by atoms with E-state index in [4.69, 9.17) is 9.15 Å². The molecule has 0 amide bonds. The number of rotatable bonds is 6. The zero-order valence-electron chi connectivity index (χ0n) is 21.5. The van der Waals surface area contributed by atoms with Crippen molar-refractivity contribution in [3.8, 4) is 11.5 Å². The van der Waals surface area contributed by atoms with Gasteiger partial charge in [0.2, 0.25) is 0 Å². The smallest absolute Gasteiger partial charge is 0.343 e. The molecule has 2 aliphatic heterocycles. The number of piperazine rings is 1. The van der Waals surface area contributed by atoms with Crippen LogP contribution in [0.4, 0.5) is 5.69 Å². The summed E-state index contributed by atoms with van der Waals surface area (Å²) in [5, 5.41) is 11.1. The van der Waals surface area contributed by atoms with Gasteiger partial charge in [0, 0.05) is 57.4 Å². The molecular formula is C28H39N3O4. The van der Waals surface area contributed by atoms with Gasteiger partial charge < -0.3 is 19.2 Å². The summed E-state index contributed by atoms with van der Waals surface area (Å²) >= 11 is 0. The number of anilines is 1. The molecule has 3 fully saturated rings. The first kappa shape index (κ1) is 24.2. The van der Waals surface area contributed by atoms with Crippen molar-refractivity contribution < 1.29 is 14.3 Å². The molecule has 7 heteroatoms. The number of hydrogen-bond donors (Lipinski definition) is 1. The molecule has 1 aromatic carbocycles. The van der Waals surface area contributed by atoms with Gasteiger partial charge in [-0.3, -0.25) is 9.80 Å². The Bertz CT molecular complexity index is 1120. The SMILES string of the molecule is COc1ccccc1N1CCN(Cc2coc(=O)c(CN3C[C@@]4(C)C[C@@H]3CC(C)(C)C4)c2O)CC1. The van der Waals surface area contributed by atoms with Crippen LogP contribution in [0.25, 0.3) is 0 Å². The number of nitrogens with zero attached hydrogens (tertiary/aromatic N) is 3. The van der Waals surface area contributed by atoms with Gasteiger partial charge in [-0.05, 0) is 42.2 Å². The molecule has 1 aliphatic carbocycles. The minimum absolute atomic E-state index is 0.110. The van der Waals surface area contributed by atoms with E-state index in [1.807, 2.05) is 18.2 Å². The molecule has 0 spiro atoms. The molecule has 1 N–H and O–H groups in total. The summed E-state index contributed by atoms with van der Waals surface area (Å²) in [5.74, 6) is 0.996. The van der Waals surface area contributed by atoms with Crippen molar-refractivity contribution >= 4 is 5.69 Å². The van der Waals surface area contributed by atoms with Gasteiger partial charge in [0.05, 0.1) is 18.4 Å². The number of para-hydroxylation sites is 2. The van der Waals surface area contributed by atoms with Crippen molar-refractivity contribution in [3.05, 3.63) is 52.1 Å². The zero-order chi connectivity index (χ0) is 24.8. The summed E-state index contributed by atoms with van der Waals surface area (Å²) in [6.45, 7) is 12.5. The lowest BCUT2D eigenvalue weighted by atomic mass is 9.65. The molecule has 0 unspecified atom stereocenters. The maximum atomic E-state index is 12.6. The van der Waals surface area contributed by atoms with Crippen LogP contribution in [0.5, 0.6) is 11.5 Å². The van der Waals surface area contributed by atoms with Crippen LogP contribution in [-0.2, 0) is 13.1 Å². The second kappa shape index (κ2) is 9.17. The predicted octanol–water partition coefficient (Wildman–Crippen LogP) is 4.08. The summed E-state index contributed by atoms with van der Waals surface area (Å²) in [4.78, 5) is 19.7. The van der Waals surface area contributed by atoms with Crippen LogP contribution in [0.1, 0.15) is 51.2 Å². The minimum atomic E-state index is -0.418. The van der Waals surface area contributed by atoms with Crippen LogP contribution in [0.3, 0.4) is 0 Å². The van der Waals surface area contributed by atoms with Gasteiger partial charge >= 0.3 is 5.63 Å². The molecule has 190 valence electrons. The largest absolute Gasteiger partial charge is 0.507 e. The molecule has 2 atom stereocenters. The average Bonchev–Trinajstić information content (AvgIpc) is 3.06. The van der Waals surface area contributed by atoms with Gasteiger partial charge in [-0.15, -0.1) is 0 Å². The summed E-state index contributed by atoms with van der Waals surface area (Å²) in [6, 6.07) is 8.55. The molecule has 3 heterocycles. The number of aromatic hydroxyl groups is 1. The Kier molecular flexibility index (Phi) is 6.34. The Morgan fingerprint density at radius 2 is 1.83 bits per heavy atom. The quantitative estimate of drug-likeness (QED) is 0.667. The third-order valence-corrected chi connectivity index (χ3v) is 8.22. The van der Waals surface area contributed by atoms with Gasteiger partial charge in [0.25, 0.3) is 0 Å². The van der Waals surface area contributed by atoms with Crippen LogP contribution in [0, 0.1) is 10.8 Å². The predicted molar refractivity (Wildman–Crippen MR) is 137 cm³/mol. The number of methoxy groups -OCH3 is 1. The van der Waals surface area contributed by atoms with Crippen LogP contribution in [0.15, 0.2) is 39.7 Å². The molecule has 1 saturated carbocycles. The van der Waals surface area contributed by atoms with Gasteiger partial charge in [-0.2, -0.15) is 0 Å². The fourth-order valence-electron chi connectivity index (χ4n) is 7.04. The van der Waals surface area contributed by atoms with E-state index in [2.05, 4.69) is 41.5 Å². The molecule has 7 nitrogen and oxygen atoms in total. The third kappa shape index (κ3) is 4.94. The highest BCUT2D eigenvalue weighted by atomic mass is 16.5. The third-order valence-electron chi connectivity index (χ3n) is 8.22. The fraction of sp³-hybridized carbons (Fsp3) is 0.607. The Morgan fingerprint density at radius 1 is 1.09 bits per heavy atom. The van der Waals surface area contributed by atoms with E-state index in [-0.39, 0.29) is 11.2 Å². The first-order chi connectivity index (χ1) is 16.7. The molecular weight excluding hydrogens is 442 g/mol. The topological polar surface area (TPSA) is 69.4 Å². The van der Waals surface area contributed by atoms with Crippen molar-refractivity contribution in [2.45, 2.75) is 59.2 Å². The van der Waals surface area contributed by atoms with E-state index in [0.717, 1.165) is 50.6 Å². The number of benzene rings is 1. The highest BCUT2D eigenvalue weighted by Gasteiger charge is 2.49. The molecule has 2 saturated heterocycles. The zero-order valence-corrected chi connectivity index (χ0v) is 21.5. The molecule has 3 aliphatic rings. The maximum absolute atomic E-state index is 12.6. The van der Waals surface area contributed by atoms with E-state index in [9.17, 15) is 9.90 Å². The molecule has 35 heavy (non-hydrogen) atoms. The Morgan fingerprint density at radius 3 is 2.57 bits per heavy atom. The van der Waals surface area contributed by atoms with Crippen molar-refractivity contribution in [2.75, 3.05) is 44.7 Å². The number of ether oxygens (including phenoxy) is 1. The number of likely N-dealkylation sites (tertiary alicyclic amines) is 1. The van der Waals surface area contributed by atoms with Gasteiger partial charge in [-0.1, -0.05) is 32.9 Å². The van der Waals surface area contributed by atoms with Crippen molar-refractivity contribution in [2.24, 2.45) is 10.8 Å². The van der Waals surface area contributed by atoms with Gasteiger partial charge in [0.15, 0.2) is 0 Å². The highest BCUT2D eigenvalue weighted by molar-refractivity contribution is 5.58. The Hall–Kier alpha value is -2.51. The first-order valence-corrected chi connectivity index (χ1v) is 12.8. The fourth-order valence-corrected chi connectivity index (χ4v) is 7.04. The van der Waals surface area contributed by atoms with E-state index >= 15 is 0 Å². The molecule has 2 bridgehead atoms. The Balaban J connectivity index is 1.26. The molecule has 2 aromatic rings. The minimum Gasteiger partial charge on any atom is -0.507 e. The van der Waals surface area contributed by atoms with Crippen LogP contribution >= 0.6 is 0 Å².